The van der Waals surface area contributed by atoms with Crippen LogP contribution in [-0.4, -0.2) is 47.6 Å². The monoisotopic (exact) mass is 331 g/mol. The van der Waals surface area contributed by atoms with Crippen LogP contribution < -0.4 is 0 Å². The summed E-state index contributed by atoms with van der Waals surface area (Å²) in [6, 6.07) is 6.74. The molecule has 0 saturated carbocycles. The molecule has 4 heteroatoms. The molecule has 2 saturated heterocycles. The molecule has 23 heavy (non-hydrogen) atoms. The number of rotatable bonds is 4. The van der Waals surface area contributed by atoms with Gasteiger partial charge in [0.2, 0.25) is 0 Å². The Morgan fingerprint density at radius 3 is 2.91 bits per heavy atom. The molecule has 0 unspecified atom stereocenters. The number of carbonyl (C=O) groups excluding carboxylic acids is 1. The Labute approximate surface area is 142 Å². The van der Waals surface area contributed by atoms with E-state index < -0.39 is 0 Å². The largest absolute Gasteiger partial charge is 0.376 e. The third kappa shape index (κ3) is 3.29. The molecule has 124 valence electrons. The molecular formula is C19H25NO2S. The molecule has 3 nitrogen and oxygen atoms in total. The van der Waals surface area contributed by atoms with E-state index >= 15 is 0 Å². The Morgan fingerprint density at radius 1 is 1.22 bits per heavy atom. The van der Waals surface area contributed by atoms with Crippen molar-refractivity contribution in [3.05, 3.63) is 34.9 Å². The van der Waals surface area contributed by atoms with Gasteiger partial charge in [0.1, 0.15) is 0 Å². The zero-order valence-corrected chi connectivity index (χ0v) is 14.4. The lowest BCUT2D eigenvalue weighted by atomic mass is 10.0. The van der Waals surface area contributed by atoms with Crippen LogP contribution in [0.5, 0.6) is 0 Å². The Balaban J connectivity index is 1.55. The van der Waals surface area contributed by atoms with E-state index in [1.165, 1.54) is 29.7 Å². The second-order valence-corrected chi connectivity index (χ2v) is 8.10. The zero-order valence-electron chi connectivity index (χ0n) is 13.6. The molecule has 4 rings (SSSR count). The van der Waals surface area contributed by atoms with Crippen LogP contribution in [-0.2, 0) is 17.6 Å². The zero-order chi connectivity index (χ0) is 15.6. The average Bonchev–Trinajstić information content (AvgIpc) is 3.33. The fraction of sp³-hybridized carbons (Fsp3) is 0.632. The van der Waals surface area contributed by atoms with Crippen molar-refractivity contribution < 1.29 is 9.53 Å². The molecule has 3 aliphatic rings. The molecule has 0 aromatic heterocycles. The van der Waals surface area contributed by atoms with E-state index in [1.807, 2.05) is 17.8 Å². The number of fused-ring (bicyclic) bond motifs is 1. The third-order valence-corrected chi connectivity index (χ3v) is 6.52. The van der Waals surface area contributed by atoms with E-state index in [4.69, 9.17) is 4.74 Å². The van der Waals surface area contributed by atoms with Crippen molar-refractivity contribution in [1.29, 1.82) is 0 Å². The summed E-state index contributed by atoms with van der Waals surface area (Å²) in [6.45, 7) is 1.62. The van der Waals surface area contributed by atoms with Crippen LogP contribution in [0.1, 0.15) is 47.2 Å². The highest BCUT2D eigenvalue weighted by Gasteiger charge is 2.31. The van der Waals surface area contributed by atoms with Crippen LogP contribution in [0.15, 0.2) is 18.2 Å². The first-order chi connectivity index (χ1) is 11.3. The van der Waals surface area contributed by atoms with Crippen molar-refractivity contribution in [3.63, 3.8) is 0 Å². The topological polar surface area (TPSA) is 29.5 Å². The molecule has 2 heterocycles. The number of aryl methyl sites for hydroxylation is 2. The minimum Gasteiger partial charge on any atom is -0.376 e. The SMILES string of the molecule is O=C(c1ccc2c(c1)CCC2)N(C[C@@H]1CCCO1)[C@@H]1CCSC1. The van der Waals surface area contributed by atoms with E-state index in [-0.39, 0.29) is 12.0 Å². The number of thioether (sulfide) groups is 1. The van der Waals surface area contributed by atoms with Gasteiger partial charge in [-0.3, -0.25) is 4.79 Å². The smallest absolute Gasteiger partial charge is 0.254 e. The number of carbonyl (C=O) groups is 1. The predicted octanol–water partition coefficient (Wildman–Crippen LogP) is 3.30. The Hall–Kier alpha value is -1.00. The van der Waals surface area contributed by atoms with Crippen LogP contribution in [0.4, 0.5) is 0 Å². The van der Waals surface area contributed by atoms with Crippen LogP contribution in [0.25, 0.3) is 0 Å². The maximum atomic E-state index is 13.2. The Morgan fingerprint density at radius 2 is 2.13 bits per heavy atom. The van der Waals surface area contributed by atoms with Crippen LogP contribution in [0.3, 0.4) is 0 Å². The van der Waals surface area contributed by atoms with Gasteiger partial charge in [0.25, 0.3) is 5.91 Å². The van der Waals surface area contributed by atoms with Crippen molar-refractivity contribution in [2.75, 3.05) is 24.7 Å². The molecule has 0 spiro atoms. The molecule has 2 aliphatic heterocycles. The lowest BCUT2D eigenvalue weighted by Gasteiger charge is -2.31. The van der Waals surface area contributed by atoms with Crippen molar-refractivity contribution in [3.8, 4) is 0 Å². The number of hydrogen-bond donors (Lipinski definition) is 0. The highest BCUT2D eigenvalue weighted by molar-refractivity contribution is 7.99. The first-order valence-electron chi connectivity index (χ1n) is 8.93. The lowest BCUT2D eigenvalue weighted by Crippen LogP contribution is -2.44. The van der Waals surface area contributed by atoms with Gasteiger partial charge >= 0.3 is 0 Å². The van der Waals surface area contributed by atoms with E-state index in [9.17, 15) is 4.79 Å². The van der Waals surface area contributed by atoms with Gasteiger partial charge in [0.05, 0.1) is 6.10 Å². The fourth-order valence-electron chi connectivity index (χ4n) is 4.04. The highest BCUT2D eigenvalue weighted by atomic mass is 32.2. The van der Waals surface area contributed by atoms with Gasteiger partial charge < -0.3 is 9.64 Å². The quantitative estimate of drug-likeness (QED) is 0.848. The summed E-state index contributed by atoms with van der Waals surface area (Å²) in [4.78, 5) is 15.3. The molecule has 0 bridgehead atoms. The summed E-state index contributed by atoms with van der Waals surface area (Å²) >= 11 is 1.97. The molecule has 2 atom stereocenters. The first kappa shape index (κ1) is 15.5. The summed E-state index contributed by atoms with van der Waals surface area (Å²) in [5.41, 5.74) is 3.69. The summed E-state index contributed by atoms with van der Waals surface area (Å²) in [6.07, 6.45) is 7.10. The van der Waals surface area contributed by atoms with Gasteiger partial charge in [-0.25, -0.2) is 0 Å². The van der Waals surface area contributed by atoms with Crippen molar-refractivity contribution >= 4 is 17.7 Å². The van der Waals surface area contributed by atoms with E-state index in [2.05, 4.69) is 17.0 Å². The second kappa shape index (κ2) is 6.86. The standard InChI is InChI=1S/C19H25NO2S/c21-19(16-7-6-14-3-1-4-15(14)11-16)20(17-8-10-23-13-17)12-18-5-2-9-22-18/h6-7,11,17-18H,1-5,8-10,12-13H2/t17-,18+/m1/s1. The summed E-state index contributed by atoms with van der Waals surface area (Å²) in [7, 11) is 0. The molecule has 1 aliphatic carbocycles. The van der Waals surface area contributed by atoms with Crippen LogP contribution >= 0.6 is 11.8 Å². The lowest BCUT2D eigenvalue weighted by molar-refractivity contribution is 0.0441. The van der Waals surface area contributed by atoms with Gasteiger partial charge in [0.15, 0.2) is 0 Å². The van der Waals surface area contributed by atoms with Crippen LogP contribution in [0, 0.1) is 0 Å². The molecular weight excluding hydrogens is 306 g/mol. The average molecular weight is 331 g/mol. The summed E-state index contributed by atoms with van der Waals surface area (Å²) < 4.78 is 5.80. The van der Waals surface area contributed by atoms with Gasteiger partial charge in [-0.15, -0.1) is 0 Å². The maximum absolute atomic E-state index is 13.2. The van der Waals surface area contributed by atoms with Gasteiger partial charge in [-0.2, -0.15) is 11.8 Å². The van der Waals surface area contributed by atoms with E-state index in [1.54, 1.807) is 0 Å². The molecule has 1 amide bonds. The van der Waals surface area contributed by atoms with Crippen molar-refractivity contribution in [1.82, 2.24) is 4.90 Å². The fourth-order valence-corrected chi connectivity index (χ4v) is 5.27. The van der Waals surface area contributed by atoms with Gasteiger partial charge in [-0.05, 0) is 67.5 Å². The highest BCUT2D eigenvalue weighted by Crippen LogP contribution is 2.28. The molecule has 1 aromatic carbocycles. The number of ether oxygens (including phenoxy) is 1. The van der Waals surface area contributed by atoms with E-state index in [0.717, 1.165) is 50.2 Å². The predicted molar refractivity (Wildman–Crippen MR) is 94.2 cm³/mol. The number of benzene rings is 1. The Kier molecular flexibility index (Phi) is 4.63. The van der Waals surface area contributed by atoms with Crippen LogP contribution in [0.2, 0.25) is 0 Å². The number of hydrogen-bond acceptors (Lipinski definition) is 3. The number of amides is 1. The summed E-state index contributed by atoms with van der Waals surface area (Å²) in [5, 5.41) is 0. The first-order valence-corrected chi connectivity index (χ1v) is 10.1. The molecule has 1 aromatic rings. The van der Waals surface area contributed by atoms with Gasteiger partial charge in [-0.1, -0.05) is 6.07 Å². The second-order valence-electron chi connectivity index (χ2n) is 6.95. The minimum absolute atomic E-state index is 0.211. The summed E-state index contributed by atoms with van der Waals surface area (Å²) in [5.74, 6) is 2.45. The van der Waals surface area contributed by atoms with Crippen molar-refractivity contribution in [2.24, 2.45) is 0 Å². The normalized spacial score (nSPS) is 26.4. The van der Waals surface area contributed by atoms with Gasteiger partial charge in [0, 0.05) is 30.5 Å². The molecule has 2 fully saturated rings. The maximum Gasteiger partial charge on any atom is 0.254 e. The van der Waals surface area contributed by atoms with Crippen molar-refractivity contribution in [2.45, 2.75) is 50.7 Å². The Bertz CT molecular complexity index is 577. The molecule has 0 radical (unpaired) electrons. The molecule has 0 N–H and O–H groups in total. The third-order valence-electron chi connectivity index (χ3n) is 5.38. The number of nitrogens with zero attached hydrogens (tertiary/aromatic N) is 1. The van der Waals surface area contributed by atoms with E-state index in [0.29, 0.717) is 6.04 Å². The minimum atomic E-state index is 0.211.